The Hall–Kier alpha value is -2.12. The van der Waals surface area contributed by atoms with Crippen molar-refractivity contribution < 1.29 is 49.3 Å². The fraction of sp³-hybridized carbons (Fsp3) is 0.879. The maximum Gasteiger partial charge on any atom is 0.305 e. The van der Waals surface area contributed by atoms with Gasteiger partial charge in [0.05, 0.1) is 32.0 Å². The molecular weight excluding hydrogens is 967 g/mol. The quantitative estimate of drug-likeness (QED) is 0.0195. The third-order valence-corrected chi connectivity index (χ3v) is 15.5. The smallest absolute Gasteiger partial charge is 0.305 e. The molecule has 0 radical (unpaired) electrons. The molecule has 1 aliphatic rings. The highest BCUT2D eigenvalue weighted by molar-refractivity contribution is 5.76. The first-order valence-corrected chi connectivity index (χ1v) is 32.8. The lowest BCUT2D eigenvalue weighted by Gasteiger charge is -2.40. The Balaban J connectivity index is 1.98. The van der Waals surface area contributed by atoms with Crippen molar-refractivity contribution in [1.29, 1.82) is 0 Å². The second kappa shape index (κ2) is 55.8. The van der Waals surface area contributed by atoms with E-state index in [-0.39, 0.29) is 18.5 Å². The highest BCUT2D eigenvalue weighted by Crippen LogP contribution is 2.23. The molecule has 7 unspecified atom stereocenters. The largest absolute Gasteiger partial charge is 0.466 e. The highest BCUT2D eigenvalue weighted by Gasteiger charge is 2.44. The van der Waals surface area contributed by atoms with Gasteiger partial charge < -0.3 is 45.1 Å². The van der Waals surface area contributed by atoms with Gasteiger partial charge >= 0.3 is 5.97 Å². The molecule has 1 saturated heterocycles. The van der Waals surface area contributed by atoms with Crippen LogP contribution in [-0.4, -0.2) is 100 Å². The first kappa shape index (κ1) is 72.9. The average molecular weight is 1090 g/mol. The van der Waals surface area contributed by atoms with E-state index in [9.17, 15) is 35.1 Å². The van der Waals surface area contributed by atoms with E-state index in [4.69, 9.17) is 14.2 Å². The van der Waals surface area contributed by atoms with Gasteiger partial charge in [0.2, 0.25) is 5.91 Å². The molecule has 0 bridgehead atoms. The van der Waals surface area contributed by atoms with Gasteiger partial charge in [-0.05, 0) is 64.2 Å². The van der Waals surface area contributed by atoms with Crippen molar-refractivity contribution in [3.63, 3.8) is 0 Å². The molecule has 452 valence electrons. The number of allylic oxidation sites excluding steroid dienone is 5. The number of amides is 1. The normalized spacial score (nSPS) is 18.8. The number of ether oxygens (including phenoxy) is 3. The molecule has 7 atom stereocenters. The van der Waals surface area contributed by atoms with Gasteiger partial charge in [0.1, 0.15) is 24.4 Å². The van der Waals surface area contributed by atoms with Crippen LogP contribution in [0.4, 0.5) is 0 Å². The Bertz CT molecular complexity index is 1370. The van der Waals surface area contributed by atoms with Crippen LogP contribution < -0.4 is 5.32 Å². The van der Waals surface area contributed by atoms with Crippen LogP contribution in [0.1, 0.15) is 309 Å². The number of unbranched alkanes of at least 4 members (excludes halogenated alkanes) is 39. The summed E-state index contributed by atoms with van der Waals surface area (Å²) in [6, 6.07) is -0.813. The molecule has 1 fully saturated rings. The van der Waals surface area contributed by atoms with Crippen molar-refractivity contribution >= 4 is 11.9 Å². The minimum absolute atomic E-state index is 0.00131. The van der Waals surface area contributed by atoms with E-state index in [0.717, 1.165) is 77.0 Å². The number of aliphatic hydroxyl groups excluding tert-OH is 5. The zero-order valence-corrected chi connectivity index (χ0v) is 49.9. The molecular formula is C66H123NO10. The minimum Gasteiger partial charge on any atom is -0.466 e. The maximum absolute atomic E-state index is 13.0. The van der Waals surface area contributed by atoms with Gasteiger partial charge in [-0.15, -0.1) is 0 Å². The molecule has 0 aliphatic carbocycles. The number of carbonyl (C=O) groups excluding carboxylic acids is 2. The standard InChI is InChI=1S/C66H123NO10/c1-3-5-7-9-11-13-14-15-27-31-34-38-42-46-50-54-62(71)75-55-51-47-43-39-35-32-29-26-24-22-20-18-16-17-19-21-23-25-28-30-33-37-41-45-49-53-61(70)67-58(59(69)52-48-44-40-36-12-10-8-6-4-2)57-76-66-65(74)64(73)63(72)60(56-68)77-66/h17-20,48,52,58-60,63-66,68-69,72-74H,3-16,21-47,49-51,53-57H2,1-2H3,(H,67,70)/b19-17-,20-18-,52-48+. The predicted molar refractivity (Wildman–Crippen MR) is 320 cm³/mol. The number of hydrogen-bond donors (Lipinski definition) is 6. The summed E-state index contributed by atoms with van der Waals surface area (Å²) in [7, 11) is 0. The fourth-order valence-electron chi connectivity index (χ4n) is 10.3. The number of aliphatic hydroxyl groups is 5. The Kier molecular flexibility index (Phi) is 52.8. The Labute approximate surface area is 473 Å². The monoisotopic (exact) mass is 1090 g/mol. The zero-order chi connectivity index (χ0) is 55.9. The van der Waals surface area contributed by atoms with Crippen LogP contribution >= 0.6 is 0 Å². The lowest BCUT2D eigenvalue weighted by atomic mass is 9.99. The first-order chi connectivity index (χ1) is 37.7. The molecule has 1 amide bonds. The predicted octanol–water partition coefficient (Wildman–Crippen LogP) is 15.8. The molecule has 1 aliphatic heterocycles. The van der Waals surface area contributed by atoms with Crippen LogP contribution in [0.5, 0.6) is 0 Å². The van der Waals surface area contributed by atoms with Crippen molar-refractivity contribution in [2.75, 3.05) is 19.8 Å². The van der Waals surface area contributed by atoms with E-state index in [2.05, 4.69) is 43.5 Å². The van der Waals surface area contributed by atoms with Crippen molar-refractivity contribution in [3.8, 4) is 0 Å². The third kappa shape index (κ3) is 45.2. The summed E-state index contributed by atoms with van der Waals surface area (Å²) in [5, 5.41) is 54.2. The number of hydrogen-bond acceptors (Lipinski definition) is 10. The lowest BCUT2D eigenvalue weighted by Crippen LogP contribution is -2.60. The summed E-state index contributed by atoms with van der Waals surface area (Å²) in [5.41, 5.74) is 0. The molecule has 77 heavy (non-hydrogen) atoms. The second-order valence-electron chi connectivity index (χ2n) is 22.8. The van der Waals surface area contributed by atoms with Crippen LogP contribution in [0.15, 0.2) is 36.5 Å². The van der Waals surface area contributed by atoms with Gasteiger partial charge in [-0.25, -0.2) is 0 Å². The second-order valence-corrected chi connectivity index (χ2v) is 22.8. The summed E-state index contributed by atoms with van der Waals surface area (Å²) >= 11 is 0. The van der Waals surface area contributed by atoms with E-state index in [1.165, 1.54) is 205 Å². The van der Waals surface area contributed by atoms with E-state index >= 15 is 0 Å². The highest BCUT2D eigenvalue weighted by atomic mass is 16.7. The van der Waals surface area contributed by atoms with Crippen molar-refractivity contribution in [2.45, 2.75) is 352 Å². The molecule has 1 heterocycles. The number of rotatable bonds is 57. The fourth-order valence-corrected chi connectivity index (χ4v) is 10.3. The lowest BCUT2D eigenvalue weighted by molar-refractivity contribution is -0.302. The SMILES string of the molecule is CCCCCCCCC/C=C/C(O)C(COC1OC(CO)C(O)C(O)C1O)NC(=O)CCCCCCCCCCC/C=C\C/C=C\CCCCCCCCCCCOC(=O)CCCCCCCCCCCCCCCCC. The Morgan fingerprint density at radius 1 is 0.481 bits per heavy atom. The summed E-state index contributed by atoms with van der Waals surface area (Å²) in [6.45, 7) is 4.32. The van der Waals surface area contributed by atoms with Gasteiger partial charge in [0.25, 0.3) is 0 Å². The van der Waals surface area contributed by atoms with Gasteiger partial charge in [0, 0.05) is 12.8 Å². The topological polar surface area (TPSA) is 175 Å². The summed E-state index contributed by atoms with van der Waals surface area (Å²) in [4.78, 5) is 25.1. The van der Waals surface area contributed by atoms with Gasteiger partial charge in [-0.1, -0.05) is 269 Å². The van der Waals surface area contributed by atoms with Crippen LogP contribution in [0.3, 0.4) is 0 Å². The van der Waals surface area contributed by atoms with E-state index in [1.54, 1.807) is 6.08 Å². The third-order valence-electron chi connectivity index (χ3n) is 15.5. The molecule has 11 nitrogen and oxygen atoms in total. The molecule has 6 N–H and O–H groups in total. The van der Waals surface area contributed by atoms with Gasteiger partial charge in [0.15, 0.2) is 6.29 Å². The molecule has 0 saturated carbocycles. The van der Waals surface area contributed by atoms with Crippen molar-refractivity contribution in [2.24, 2.45) is 0 Å². The van der Waals surface area contributed by atoms with Gasteiger partial charge in [-0.2, -0.15) is 0 Å². The number of nitrogens with one attached hydrogen (secondary N) is 1. The number of esters is 1. The maximum atomic E-state index is 13.0. The number of carbonyl (C=O) groups is 2. The van der Waals surface area contributed by atoms with E-state index < -0.39 is 49.5 Å². The van der Waals surface area contributed by atoms with Gasteiger partial charge in [-0.3, -0.25) is 9.59 Å². The van der Waals surface area contributed by atoms with E-state index in [0.29, 0.717) is 19.4 Å². The summed E-state index contributed by atoms with van der Waals surface area (Å²) in [6.07, 6.45) is 59.8. The Morgan fingerprint density at radius 3 is 1.31 bits per heavy atom. The van der Waals surface area contributed by atoms with Crippen LogP contribution in [0.2, 0.25) is 0 Å². The Morgan fingerprint density at radius 2 is 0.870 bits per heavy atom. The van der Waals surface area contributed by atoms with Crippen LogP contribution in [0, 0.1) is 0 Å². The summed E-state index contributed by atoms with van der Waals surface area (Å²) in [5.74, 6) is -0.188. The van der Waals surface area contributed by atoms with Crippen LogP contribution in [-0.2, 0) is 23.8 Å². The first-order valence-electron chi connectivity index (χ1n) is 32.8. The molecule has 0 spiro atoms. The van der Waals surface area contributed by atoms with Crippen molar-refractivity contribution in [1.82, 2.24) is 5.32 Å². The van der Waals surface area contributed by atoms with Crippen molar-refractivity contribution in [3.05, 3.63) is 36.5 Å². The van der Waals surface area contributed by atoms with E-state index in [1.807, 2.05) is 6.08 Å². The molecule has 0 aromatic carbocycles. The minimum atomic E-state index is -1.57. The molecule has 1 rings (SSSR count). The molecule has 0 aromatic heterocycles. The van der Waals surface area contributed by atoms with Crippen LogP contribution in [0.25, 0.3) is 0 Å². The molecule has 11 heteroatoms. The zero-order valence-electron chi connectivity index (χ0n) is 49.9. The summed E-state index contributed by atoms with van der Waals surface area (Å²) < 4.78 is 16.7. The average Bonchev–Trinajstić information content (AvgIpc) is 3.43. The molecule has 0 aromatic rings.